The molecule has 2 bridgehead atoms. The van der Waals surface area contributed by atoms with Gasteiger partial charge in [0.25, 0.3) is 0 Å². The SMILES string of the molecule is C[C@H]1[C@H]2Cc3ccc(O)cc3[C@@]1(C)CCN2CC1CCCO1. The van der Waals surface area contributed by atoms with Gasteiger partial charge in [0.05, 0.1) is 6.10 Å². The van der Waals surface area contributed by atoms with E-state index in [1.54, 1.807) is 0 Å². The normalized spacial score (nSPS) is 38.0. The number of hydrogen-bond donors (Lipinski definition) is 1. The van der Waals surface area contributed by atoms with Crippen LogP contribution in [0.15, 0.2) is 18.2 Å². The molecule has 2 heterocycles. The number of phenolic OH excluding ortho intramolecular Hbond substituents is 1. The van der Waals surface area contributed by atoms with E-state index >= 15 is 0 Å². The van der Waals surface area contributed by atoms with Crippen molar-refractivity contribution in [2.24, 2.45) is 5.92 Å². The Labute approximate surface area is 133 Å². The van der Waals surface area contributed by atoms with E-state index in [-0.39, 0.29) is 5.41 Å². The van der Waals surface area contributed by atoms with E-state index in [2.05, 4.69) is 24.8 Å². The summed E-state index contributed by atoms with van der Waals surface area (Å²) in [5.74, 6) is 1.03. The third kappa shape index (κ3) is 2.17. The van der Waals surface area contributed by atoms with Gasteiger partial charge in [-0.15, -0.1) is 0 Å². The summed E-state index contributed by atoms with van der Waals surface area (Å²) in [4.78, 5) is 2.68. The number of likely N-dealkylation sites (tertiary alicyclic amines) is 1. The molecule has 3 aliphatic rings. The average molecular weight is 301 g/mol. The van der Waals surface area contributed by atoms with Gasteiger partial charge in [-0.05, 0) is 66.8 Å². The largest absolute Gasteiger partial charge is 0.508 e. The lowest BCUT2D eigenvalue weighted by Crippen LogP contribution is -2.59. The molecule has 3 heteroatoms. The molecular formula is C19H27NO2. The fourth-order valence-corrected chi connectivity index (χ4v) is 4.97. The number of piperidine rings is 1. The number of fused-ring (bicyclic) bond motifs is 4. The molecule has 0 amide bonds. The molecule has 4 atom stereocenters. The maximum Gasteiger partial charge on any atom is 0.115 e. The standard InChI is InChI=1S/C19H27NO2/c1-13-18-10-14-5-6-15(21)11-17(14)19(13,2)7-8-20(18)12-16-4-3-9-22-16/h5-6,11,13,16,18,21H,3-4,7-10,12H2,1-2H3/t13-,16?,18+,19-/m0/s1. The summed E-state index contributed by atoms with van der Waals surface area (Å²) < 4.78 is 5.86. The Kier molecular flexibility index (Phi) is 3.46. The molecular weight excluding hydrogens is 274 g/mol. The first-order valence-electron chi connectivity index (χ1n) is 8.76. The molecule has 0 saturated carbocycles. The Morgan fingerprint density at radius 3 is 3.05 bits per heavy atom. The highest BCUT2D eigenvalue weighted by Crippen LogP contribution is 2.49. The molecule has 22 heavy (non-hydrogen) atoms. The summed E-state index contributed by atoms with van der Waals surface area (Å²) in [6.45, 7) is 7.99. The maximum absolute atomic E-state index is 9.90. The Morgan fingerprint density at radius 1 is 1.41 bits per heavy atom. The predicted molar refractivity (Wildman–Crippen MR) is 87.3 cm³/mol. The van der Waals surface area contributed by atoms with Crippen LogP contribution < -0.4 is 0 Å². The average Bonchev–Trinajstić information content (AvgIpc) is 3.00. The Hall–Kier alpha value is -1.06. The molecule has 0 radical (unpaired) electrons. The smallest absolute Gasteiger partial charge is 0.115 e. The van der Waals surface area contributed by atoms with Crippen molar-refractivity contribution in [2.75, 3.05) is 19.7 Å². The van der Waals surface area contributed by atoms with Crippen molar-refractivity contribution in [1.82, 2.24) is 4.90 Å². The molecule has 1 N–H and O–H groups in total. The van der Waals surface area contributed by atoms with Crippen LogP contribution in [0.4, 0.5) is 0 Å². The molecule has 2 saturated heterocycles. The lowest BCUT2D eigenvalue weighted by molar-refractivity contribution is -0.00671. The first-order valence-corrected chi connectivity index (χ1v) is 8.76. The van der Waals surface area contributed by atoms with E-state index in [9.17, 15) is 5.11 Å². The highest BCUT2D eigenvalue weighted by atomic mass is 16.5. The van der Waals surface area contributed by atoms with Gasteiger partial charge >= 0.3 is 0 Å². The lowest BCUT2D eigenvalue weighted by atomic mass is 9.59. The molecule has 2 aliphatic heterocycles. The zero-order valence-electron chi connectivity index (χ0n) is 13.7. The second kappa shape index (κ2) is 5.24. The van der Waals surface area contributed by atoms with Crippen LogP contribution in [-0.4, -0.2) is 41.8 Å². The highest BCUT2D eigenvalue weighted by molar-refractivity contribution is 5.44. The third-order valence-corrected chi connectivity index (χ3v) is 6.57. The number of ether oxygens (including phenoxy) is 1. The van der Waals surface area contributed by atoms with Crippen molar-refractivity contribution in [1.29, 1.82) is 0 Å². The van der Waals surface area contributed by atoms with E-state index in [4.69, 9.17) is 4.74 Å². The van der Waals surface area contributed by atoms with Gasteiger partial charge in [-0.1, -0.05) is 19.9 Å². The van der Waals surface area contributed by atoms with E-state index in [1.807, 2.05) is 12.1 Å². The zero-order chi connectivity index (χ0) is 15.3. The molecule has 120 valence electrons. The van der Waals surface area contributed by atoms with Crippen molar-refractivity contribution in [3.05, 3.63) is 29.3 Å². The molecule has 2 fully saturated rings. The fraction of sp³-hybridized carbons (Fsp3) is 0.684. The predicted octanol–water partition coefficient (Wildman–Crippen LogP) is 3.10. The second-order valence-electron chi connectivity index (χ2n) is 7.70. The van der Waals surface area contributed by atoms with Crippen molar-refractivity contribution in [3.8, 4) is 5.75 Å². The second-order valence-corrected chi connectivity index (χ2v) is 7.70. The van der Waals surface area contributed by atoms with Crippen molar-refractivity contribution < 1.29 is 9.84 Å². The van der Waals surface area contributed by atoms with Gasteiger partial charge < -0.3 is 9.84 Å². The summed E-state index contributed by atoms with van der Waals surface area (Å²) >= 11 is 0. The Morgan fingerprint density at radius 2 is 2.27 bits per heavy atom. The fourth-order valence-electron chi connectivity index (χ4n) is 4.97. The number of phenols is 1. The van der Waals surface area contributed by atoms with E-state index in [0.29, 0.717) is 23.8 Å². The van der Waals surface area contributed by atoms with E-state index in [0.717, 1.165) is 26.1 Å². The number of rotatable bonds is 2. The third-order valence-electron chi connectivity index (χ3n) is 6.57. The van der Waals surface area contributed by atoms with Crippen molar-refractivity contribution in [2.45, 2.75) is 57.1 Å². The van der Waals surface area contributed by atoms with Crippen LogP contribution in [0.3, 0.4) is 0 Å². The maximum atomic E-state index is 9.90. The van der Waals surface area contributed by atoms with Crippen LogP contribution in [0, 0.1) is 5.92 Å². The molecule has 0 aromatic heterocycles. The first kappa shape index (κ1) is 14.5. The molecule has 4 rings (SSSR count). The molecule has 3 nitrogen and oxygen atoms in total. The van der Waals surface area contributed by atoms with Crippen LogP contribution in [0.1, 0.15) is 44.2 Å². The molecule has 0 spiro atoms. The van der Waals surface area contributed by atoms with E-state index in [1.165, 1.54) is 30.4 Å². The first-order chi connectivity index (χ1) is 10.6. The minimum Gasteiger partial charge on any atom is -0.508 e. The molecule has 1 aromatic carbocycles. The minimum absolute atomic E-state index is 0.198. The van der Waals surface area contributed by atoms with Crippen LogP contribution in [0.5, 0.6) is 5.75 Å². The van der Waals surface area contributed by atoms with Gasteiger partial charge in [0.15, 0.2) is 0 Å². The number of aromatic hydroxyl groups is 1. The van der Waals surface area contributed by atoms with Crippen LogP contribution >= 0.6 is 0 Å². The van der Waals surface area contributed by atoms with Gasteiger partial charge in [0.2, 0.25) is 0 Å². The number of benzene rings is 1. The summed E-state index contributed by atoms with van der Waals surface area (Å²) in [6, 6.07) is 6.60. The molecule has 1 unspecified atom stereocenters. The summed E-state index contributed by atoms with van der Waals surface area (Å²) in [5, 5.41) is 9.90. The van der Waals surface area contributed by atoms with Gasteiger partial charge in [-0.25, -0.2) is 0 Å². The molecule has 1 aliphatic carbocycles. The zero-order valence-corrected chi connectivity index (χ0v) is 13.7. The monoisotopic (exact) mass is 301 g/mol. The van der Waals surface area contributed by atoms with Crippen LogP contribution in [-0.2, 0) is 16.6 Å². The van der Waals surface area contributed by atoms with Crippen molar-refractivity contribution in [3.63, 3.8) is 0 Å². The molecule has 1 aromatic rings. The van der Waals surface area contributed by atoms with Crippen molar-refractivity contribution >= 4 is 0 Å². The highest BCUT2D eigenvalue weighted by Gasteiger charge is 2.48. The van der Waals surface area contributed by atoms with Gasteiger partial charge in [0.1, 0.15) is 5.75 Å². The lowest BCUT2D eigenvalue weighted by Gasteiger charge is -2.55. The summed E-state index contributed by atoms with van der Waals surface area (Å²) in [5.41, 5.74) is 3.01. The number of hydrogen-bond acceptors (Lipinski definition) is 3. The summed E-state index contributed by atoms with van der Waals surface area (Å²) in [7, 11) is 0. The summed E-state index contributed by atoms with van der Waals surface area (Å²) in [6.07, 6.45) is 5.17. The van der Waals surface area contributed by atoms with Gasteiger partial charge in [0, 0.05) is 19.2 Å². The topological polar surface area (TPSA) is 32.7 Å². The quantitative estimate of drug-likeness (QED) is 0.911. The minimum atomic E-state index is 0.198. The van der Waals surface area contributed by atoms with Gasteiger partial charge in [-0.3, -0.25) is 4.90 Å². The Bertz CT molecular complexity index is 567. The van der Waals surface area contributed by atoms with Gasteiger partial charge in [-0.2, -0.15) is 0 Å². The van der Waals surface area contributed by atoms with Crippen LogP contribution in [0.2, 0.25) is 0 Å². The van der Waals surface area contributed by atoms with Crippen LogP contribution in [0.25, 0.3) is 0 Å². The Balaban J connectivity index is 1.63. The van der Waals surface area contributed by atoms with E-state index < -0.39 is 0 Å². The number of nitrogens with zero attached hydrogens (tertiary/aromatic N) is 1.